The first-order chi connectivity index (χ1) is 6.81. The van der Waals surface area contributed by atoms with Gasteiger partial charge in [-0.15, -0.1) is 0 Å². The van der Waals surface area contributed by atoms with E-state index in [2.05, 4.69) is 21.9 Å². The van der Waals surface area contributed by atoms with Gasteiger partial charge in [0.1, 0.15) is 0 Å². The number of nitrogens with one attached hydrogen (secondary N) is 2. The second-order valence-corrected chi connectivity index (χ2v) is 3.02. The van der Waals surface area contributed by atoms with Crippen molar-refractivity contribution < 1.29 is 9.53 Å². The highest BCUT2D eigenvalue weighted by Gasteiger charge is 1.96. The Morgan fingerprint density at radius 2 is 1.93 bits per heavy atom. The monoisotopic (exact) mass is 200 g/mol. The normalized spacial score (nSPS) is 9.50. The summed E-state index contributed by atoms with van der Waals surface area (Å²) < 4.78 is 4.49. The summed E-state index contributed by atoms with van der Waals surface area (Å²) in [6.45, 7) is 5.02. The van der Waals surface area contributed by atoms with Crippen LogP contribution in [-0.2, 0) is 4.74 Å². The van der Waals surface area contributed by atoms with Crippen LogP contribution in [-0.4, -0.2) is 26.2 Å². The predicted octanol–water partition coefficient (Wildman–Crippen LogP) is 1.64. The molecule has 0 aliphatic carbocycles. The molecule has 0 aromatic carbocycles. The molecular formula is C10H20N2O2. The number of unbranched alkanes of at least 4 members (excludes halogenated alkanes) is 3. The van der Waals surface area contributed by atoms with E-state index in [0.717, 1.165) is 25.6 Å². The Labute approximate surface area is 85.7 Å². The average molecular weight is 200 g/mol. The van der Waals surface area contributed by atoms with Crippen molar-refractivity contribution in [3.05, 3.63) is 12.8 Å². The molecule has 0 aromatic heterocycles. The first-order valence-electron chi connectivity index (χ1n) is 5.01. The summed E-state index contributed by atoms with van der Waals surface area (Å²) in [5.74, 6) is 0. The maximum atomic E-state index is 10.8. The van der Waals surface area contributed by atoms with E-state index in [1.165, 1.54) is 12.8 Å². The van der Waals surface area contributed by atoms with Crippen LogP contribution in [0.4, 0.5) is 4.79 Å². The van der Waals surface area contributed by atoms with E-state index in [1.54, 1.807) is 0 Å². The van der Waals surface area contributed by atoms with Gasteiger partial charge in [0.15, 0.2) is 0 Å². The van der Waals surface area contributed by atoms with Crippen LogP contribution in [0.25, 0.3) is 0 Å². The van der Waals surface area contributed by atoms with Crippen molar-refractivity contribution in [2.45, 2.75) is 25.7 Å². The van der Waals surface area contributed by atoms with Gasteiger partial charge in [0.2, 0.25) is 0 Å². The van der Waals surface area contributed by atoms with Crippen LogP contribution < -0.4 is 10.6 Å². The van der Waals surface area contributed by atoms with Crippen LogP contribution in [0.5, 0.6) is 0 Å². The van der Waals surface area contributed by atoms with Gasteiger partial charge >= 0.3 is 6.09 Å². The van der Waals surface area contributed by atoms with E-state index in [-0.39, 0.29) is 0 Å². The minimum atomic E-state index is -0.421. The van der Waals surface area contributed by atoms with Crippen LogP contribution >= 0.6 is 0 Å². The number of rotatable bonds is 8. The lowest BCUT2D eigenvalue weighted by atomic mass is 10.2. The number of ether oxygens (including phenoxy) is 1. The molecule has 82 valence electrons. The second kappa shape index (κ2) is 10.1. The Balaban J connectivity index is 3.05. The minimum Gasteiger partial charge on any atom is -0.419 e. The fourth-order valence-corrected chi connectivity index (χ4v) is 1.09. The zero-order valence-corrected chi connectivity index (χ0v) is 8.84. The van der Waals surface area contributed by atoms with Crippen molar-refractivity contribution >= 4 is 6.09 Å². The van der Waals surface area contributed by atoms with Gasteiger partial charge in [-0.05, 0) is 26.4 Å². The summed E-state index contributed by atoms with van der Waals surface area (Å²) >= 11 is 0. The van der Waals surface area contributed by atoms with Crippen molar-refractivity contribution in [2.75, 3.05) is 20.1 Å². The first kappa shape index (κ1) is 13.0. The van der Waals surface area contributed by atoms with Gasteiger partial charge in [-0.1, -0.05) is 19.4 Å². The van der Waals surface area contributed by atoms with Crippen molar-refractivity contribution in [2.24, 2.45) is 0 Å². The molecule has 0 atom stereocenters. The van der Waals surface area contributed by atoms with Gasteiger partial charge < -0.3 is 15.4 Å². The predicted molar refractivity (Wildman–Crippen MR) is 57.1 cm³/mol. The number of hydrogen-bond donors (Lipinski definition) is 2. The van der Waals surface area contributed by atoms with Crippen molar-refractivity contribution in [1.82, 2.24) is 10.6 Å². The number of carbonyl (C=O) groups is 1. The van der Waals surface area contributed by atoms with Gasteiger partial charge in [-0.3, -0.25) is 0 Å². The molecule has 0 spiro atoms. The van der Waals surface area contributed by atoms with Gasteiger partial charge in [-0.25, -0.2) is 4.79 Å². The number of carbonyl (C=O) groups excluding carboxylic acids is 1. The van der Waals surface area contributed by atoms with E-state index < -0.39 is 6.09 Å². The maximum absolute atomic E-state index is 10.8. The third kappa shape index (κ3) is 9.06. The fraction of sp³-hybridized carbons (Fsp3) is 0.700. The lowest BCUT2D eigenvalue weighted by Crippen LogP contribution is -2.23. The highest BCUT2D eigenvalue weighted by atomic mass is 16.5. The quantitative estimate of drug-likeness (QED) is 0.462. The van der Waals surface area contributed by atoms with E-state index >= 15 is 0 Å². The highest BCUT2D eigenvalue weighted by molar-refractivity contribution is 5.67. The molecule has 0 rings (SSSR count). The standard InChI is InChI=1S/C10H20N2O2/c1-3-14-10(13)12-9-7-5-4-6-8-11-2/h3,11H,1,4-9H2,2H3,(H,12,13). The van der Waals surface area contributed by atoms with Crippen molar-refractivity contribution in [3.8, 4) is 0 Å². The third-order valence-electron chi connectivity index (χ3n) is 1.81. The zero-order valence-electron chi connectivity index (χ0n) is 8.84. The molecule has 0 unspecified atom stereocenters. The summed E-state index contributed by atoms with van der Waals surface area (Å²) in [4.78, 5) is 10.8. The smallest absolute Gasteiger partial charge is 0.411 e. The Bertz CT molecular complexity index is 160. The Kier molecular flexibility index (Phi) is 9.31. The van der Waals surface area contributed by atoms with Crippen LogP contribution in [0, 0.1) is 0 Å². The summed E-state index contributed by atoms with van der Waals surface area (Å²) in [6, 6.07) is 0. The SMILES string of the molecule is C=COC(=O)NCCCCCCNC. The van der Waals surface area contributed by atoms with Gasteiger partial charge in [0, 0.05) is 6.54 Å². The second-order valence-electron chi connectivity index (χ2n) is 3.02. The number of amides is 1. The average Bonchev–Trinajstić information content (AvgIpc) is 2.17. The van der Waals surface area contributed by atoms with Gasteiger partial charge in [0.25, 0.3) is 0 Å². The summed E-state index contributed by atoms with van der Waals surface area (Å²) in [6.07, 6.45) is 5.22. The van der Waals surface area contributed by atoms with Crippen LogP contribution in [0.2, 0.25) is 0 Å². The molecule has 1 amide bonds. The summed E-state index contributed by atoms with van der Waals surface area (Å²) in [5.41, 5.74) is 0. The zero-order chi connectivity index (χ0) is 10.6. The molecule has 0 heterocycles. The molecule has 4 nitrogen and oxygen atoms in total. The maximum Gasteiger partial charge on any atom is 0.411 e. The molecule has 0 bridgehead atoms. The number of hydrogen-bond acceptors (Lipinski definition) is 3. The van der Waals surface area contributed by atoms with E-state index in [9.17, 15) is 4.79 Å². The molecule has 2 N–H and O–H groups in total. The Morgan fingerprint density at radius 1 is 1.29 bits per heavy atom. The summed E-state index contributed by atoms with van der Waals surface area (Å²) in [5, 5.41) is 5.72. The molecule has 0 aliphatic rings. The van der Waals surface area contributed by atoms with Crippen LogP contribution in [0.15, 0.2) is 12.8 Å². The number of alkyl carbamates (subject to hydrolysis) is 1. The Hall–Kier alpha value is -1.03. The molecule has 0 radical (unpaired) electrons. The lowest BCUT2D eigenvalue weighted by molar-refractivity contribution is 0.185. The fourth-order valence-electron chi connectivity index (χ4n) is 1.09. The molecule has 0 saturated heterocycles. The van der Waals surface area contributed by atoms with E-state index in [4.69, 9.17) is 0 Å². The molecule has 14 heavy (non-hydrogen) atoms. The Morgan fingerprint density at radius 3 is 2.50 bits per heavy atom. The van der Waals surface area contributed by atoms with Gasteiger partial charge in [0.05, 0.1) is 6.26 Å². The van der Waals surface area contributed by atoms with E-state index in [0.29, 0.717) is 6.54 Å². The van der Waals surface area contributed by atoms with Crippen LogP contribution in [0.3, 0.4) is 0 Å². The van der Waals surface area contributed by atoms with Crippen molar-refractivity contribution in [3.63, 3.8) is 0 Å². The van der Waals surface area contributed by atoms with Crippen LogP contribution in [0.1, 0.15) is 25.7 Å². The van der Waals surface area contributed by atoms with Gasteiger partial charge in [-0.2, -0.15) is 0 Å². The molecular weight excluding hydrogens is 180 g/mol. The molecule has 0 aliphatic heterocycles. The van der Waals surface area contributed by atoms with Crippen molar-refractivity contribution in [1.29, 1.82) is 0 Å². The first-order valence-corrected chi connectivity index (χ1v) is 5.01. The molecule has 0 saturated carbocycles. The molecule has 0 fully saturated rings. The lowest BCUT2D eigenvalue weighted by Gasteiger charge is -2.03. The van der Waals surface area contributed by atoms with E-state index in [1.807, 2.05) is 7.05 Å². The molecule has 4 heteroatoms. The molecule has 0 aromatic rings. The summed E-state index contributed by atoms with van der Waals surface area (Å²) in [7, 11) is 1.95. The third-order valence-corrected chi connectivity index (χ3v) is 1.81. The topological polar surface area (TPSA) is 50.4 Å². The minimum absolute atomic E-state index is 0.421. The largest absolute Gasteiger partial charge is 0.419 e. The highest BCUT2D eigenvalue weighted by Crippen LogP contribution is 1.97.